The Morgan fingerprint density at radius 3 is 1.55 bits per heavy atom. The van der Waals surface area contributed by atoms with Crippen LogP contribution in [0, 0.1) is 10.8 Å². The quantitative estimate of drug-likeness (QED) is 0.726. The molecule has 4 nitrogen and oxygen atoms in total. The summed E-state index contributed by atoms with van der Waals surface area (Å²) < 4.78 is 11.2. The van der Waals surface area contributed by atoms with E-state index in [4.69, 9.17) is 9.79 Å². The van der Waals surface area contributed by atoms with Gasteiger partial charge in [0.05, 0.1) is 0 Å². The molecule has 0 saturated heterocycles. The third-order valence-electron chi connectivity index (χ3n) is 3.04. The van der Waals surface area contributed by atoms with Gasteiger partial charge in [-0.1, -0.05) is 41.5 Å². The van der Waals surface area contributed by atoms with E-state index < -0.39 is 7.60 Å². The van der Waals surface area contributed by atoms with E-state index in [2.05, 4.69) is 0 Å². The van der Waals surface area contributed by atoms with E-state index >= 15 is 0 Å². The molecule has 0 aromatic carbocycles. The molecule has 1 aliphatic carbocycles. The molecule has 0 unspecified atom stereocenters. The van der Waals surface area contributed by atoms with Gasteiger partial charge in [-0.2, -0.15) is 0 Å². The van der Waals surface area contributed by atoms with Crippen molar-refractivity contribution >= 4 is 13.4 Å². The molecule has 1 rings (SSSR count). The van der Waals surface area contributed by atoms with Crippen LogP contribution < -0.4 is 0 Å². The fourth-order valence-electron chi connectivity index (χ4n) is 2.03. The summed E-state index contributed by atoms with van der Waals surface area (Å²) in [5.41, 5.74) is 0.785. The SMILES string of the molecule is CC(C)(C)C1=CC(=CP(=O)(O)O)C=C(C(C)(C)C)C1=O. The van der Waals surface area contributed by atoms with Crippen LogP contribution in [0.2, 0.25) is 0 Å². The second kappa shape index (κ2) is 5.10. The molecule has 2 N–H and O–H groups in total. The average molecular weight is 298 g/mol. The van der Waals surface area contributed by atoms with E-state index in [1.54, 1.807) is 12.2 Å². The zero-order valence-corrected chi connectivity index (χ0v) is 13.8. The molecule has 112 valence electrons. The lowest BCUT2D eigenvalue weighted by Crippen LogP contribution is -2.27. The number of ketones is 1. The highest BCUT2D eigenvalue weighted by Crippen LogP contribution is 2.43. The van der Waals surface area contributed by atoms with Crippen LogP contribution in [0.1, 0.15) is 41.5 Å². The van der Waals surface area contributed by atoms with E-state index in [0.717, 1.165) is 5.82 Å². The van der Waals surface area contributed by atoms with Crippen LogP contribution >= 0.6 is 7.60 Å². The first-order valence-electron chi connectivity index (χ1n) is 6.49. The Kier molecular flexibility index (Phi) is 4.36. The minimum atomic E-state index is -4.27. The van der Waals surface area contributed by atoms with Gasteiger partial charge < -0.3 is 9.79 Å². The van der Waals surface area contributed by atoms with Gasteiger partial charge in [0.15, 0.2) is 5.78 Å². The van der Waals surface area contributed by atoms with Gasteiger partial charge >= 0.3 is 7.60 Å². The van der Waals surface area contributed by atoms with Crippen LogP contribution in [-0.4, -0.2) is 15.6 Å². The molecule has 0 aromatic rings. The van der Waals surface area contributed by atoms with E-state index in [1.807, 2.05) is 41.5 Å². The molecule has 0 aliphatic heterocycles. The molecule has 5 heteroatoms. The van der Waals surface area contributed by atoms with Crippen molar-refractivity contribution in [2.75, 3.05) is 0 Å². The Bertz CT molecular complexity index is 524. The number of rotatable bonds is 1. The fourth-order valence-corrected chi connectivity index (χ4v) is 2.57. The lowest BCUT2D eigenvalue weighted by atomic mass is 9.72. The van der Waals surface area contributed by atoms with Crippen molar-refractivity contribution in [3.8, 4) is 0 Å². The van der Waals surface area contributed by atoms with Crippen molar-refractivity contribution in [1.29, 1.82) is 0 Å². The summed E-state index contributed by atoms with van der Waals surface area (Å²) in [6, 6.07) is 0. The molecule has 0 radical (unpaired) electrons. The topological polar surface area (TPSA) is 74.6 Å². The normalized spacial score (nSPS) is 17.8. The smallest absolute Gasteiger partial charge is 0.321 e. The van der Waals surface area contributed by atoms with Gasteiger partial charge in [0, 0.05) is 17.0 Å². The molecular formula is C15H23O4P. The number of hydrogen-bond donors (Lipinski definition) is 2. The van der Waals surface area contributed by atoms with Crippen molar-refractivity contribution in [2.24, 2.45) is 10.8 Å². The molecule has 1 aliphatic rings. The molecule has 0 spiro atoms. The fraction of sp³-hybridized carbons (Fsp3) is 0.533. The highest BCUT2D eigenvalue weighted by atomic mass is 31.2. The van der Waals surface area contributed by atoms with E-state index in [-0.39, 0.29) is 16.6 Å². The third-order valence-corrected chi connectivity index (χ3v) is 3.68. The summed E-state index contributed by atoms with van der Waals surface area (Å²) in [5.74, 6) is 0.865. The van der Waals surface area contributed by atoms with Crippen molar-refractivity contribution in [2.45, 2.75) is 41.5 Å². The van der Waals surface area contributed by atoms with Crippen LogP contribution in [0.15, 0.2) is 34.7 Å². The summed E-state index contributed by atoms with van der Waals surface area (Å²) in [6.45, 7) is 11.5. The summed E-state index contributed by atoms with van der Waals surface area (Å²) in [5, 5.41) is 0. The second-order valence-corrected chi connectivity index (χ2v) is 8.60. The van der Waals surface area contributed by atoms with Crippen molar-refractivity contribution in [1.82, 2.24) is 0 Å². The zero-order valence-electron chi connectivity index (χ0n) is 12.9. The Balaban J connectivity index is 3.50. The number of Topliss-reactive ketones (excluding diaryl/α,β-unsaturated/α-hetero) is 1. The minimum Gasteiger partial charge on any atom is -0.321 e. The predicted octanol–water partition coefficient (Wildman–Crippen LogP) is 3.58. The molecule has 0 aromatic heterocycles. The summed E-state index contributed by atoms with van der Waals surface area (Å²) in [4.78, 5) is 30.8. The van der Waals surface area contributed by atoms with E-state index in [0.29, 0.717) is 16.7 Å². The minimum absolute atomic E-state index is 0.0483. The lowest BCUT2D eigenvalue weighted by Gasteiger charge is -2.31. The molecule has 0 amide bonds. The van der Waals surface area contributed by atoms with Crippen LogP contribution in [0.25, 0.3) is 0 Å². The maximum Gasteiger partial charge on any atom is 0.349 e. The van der Waals surface area contributed by atoms with Crippen LogP contribution in [0.5, 0.6) is 0 Å². The van der Waals surface area contributed by atoms with Gasteiger partial charge in [-0.3, -0.25) is 9.36 Å². The first-order valence-corrected chi connectivity index (χ1v) is 8.17. The Labute approximate surface area is 120 Å². The summed E-state index contributed by atoms with van der Waals surface area (Å²) in [6.07, 6.45) is 3.16. The number of hydrogen-bond acceptors (Lipinski definition) is 2. The number of carbonyl (C=O) groups is 1. The van der Waals surface area contributed by atoms with Crippen molar-refractivity contribution in [3.05, 3.63) is 34.7 Å². The monoisotopic (exact) mass is 298 g/mol. The molecular weight excluding hydrogens is 275 g/mol. The first kappa shape index (κ1) is 17.1. The molecule has 0 heterocycles. The van der Waals surface area contributed by atoms with Gasteiger partial charge in [-0.05, 0) is 28.6 Å². The highest BCUT2D eigenvalue weighted by molar-refractivity contribution is 7.55. The molecule has 0 atom stereocenters. The van der Waals surface area contributed by atoms with E-state index in [1.165, 1.54) is 0 Å². The van der Waals surface area contributed by atoms with Crippen molar-refractivity contribution in [3.63, 3.8) is 0 Å². The van der Waals surface area contributed by atoms with Gasteiger partial charge in [-0.25, -0.2) is 0 Å². The standard InChI is InChI=1S/C15H23O4P/c1-14(2,3)11-7-10(9-20(17,18)19)8-12(13(11)16)15(4,5)6/h7-9H,1-6H3,(H2,17,18,19). The Morgan fingerprint density at radius 1 is 0.950 bits per heavy atom. The number of carbonyl (C=O) groups excluding carboxylic acids is 1. The first-order chi connectivity index (χ1) is 8.72. The van der Waals surface area contributed by atoms with Crippen molar-refractivity contribution < 1.29 is 19.1 Å². The van der Waals surface area contributed by atoms with Gasteiger partial charge in [0.25, 0.3) is 0 Å². The van der Waals surface area contributed by atoms with Crippen LogP contribution in [-0.2, 0) is 9.36 Å². The van der Waals surface area contributed by atoms with Gasteiger partial charge in [0.2, 0.25) is 0 Å². The maximum atomic E-state index is 12.6. The number of allylic oxidation sites excluding steroid dienone is 5. The molecule has 0 fully saturated rings. The van der Waals surface area contributed by atoms with Gasteiger partial charge in [-0.15, -0.1) is 0 Å². The molecule has 20 heavy (non-hydrogen) atoms. The Hall–Kier alpha value is -0.960. The van der Waals surface area contributed by atoms with Crippen LogP contribution in [0.3, 0.4) is 0 Å². The maximum absolute atomic E-state index is 12.6. The molecule has 0 bridgehead atoms. The largest absolute Gasteiger partial charge is 0.349 e. The Morgan fingerprint density at radius 2 is 1.30 bits per heavy atom. The molecule has 0 saturated carbocycles. The second-order valence-electron chi connectivity index (χ2n) is 7.16. The summed E-state index contributed by atoms with van der Waals surface area (Å²) in [7, 11) is -4.27. The highest BCUT2D eigenvalue weighted by Gasteiger charge is 2.34. The summed E-state index contributed by atoms with van der Waals surface area (Å²) >= 11 is 0. The average Bonchev–Trinajstić information content (AvgIpc) is 2.14. The van der Waals surface area contributed by atoms with Crippen LogP contribution in [0.4, 0.5) is 0 Å². The predicted molar refractivity (Wildman–Crippen MR) is 80.2 cm³/mol. The van der Waals surface area contributed by atoms with E-state index in [9.17, 15) is 9.36 Å². The lowest BCUT2D eigenvalue weighted by molar-refractivity contribution is -0.114. The van der Waals surface area contributed by atoms with Gasteiger partial charge in [0.1, 0.15) is 0 Å². The third kappa shape index (κ3) is 4.27. The zero-order chi connectivity index (χ0) is 15.9.